The molecular formula is C16H13N3O3S. The Kier molecular flexibility index (Phi) is 3.94. The quantitative estimate of drug-likeness (QED) is 0.510. The van der Waals surface area contributed by atoms with E-state index in [4.69, 9.17) is 0 Å². The van der Waals surface area contributed by atoms with Crippen molar-refractivity contribution in [1.82, 2.24) is 15.8 Å². The Morgan fingerprint density at radius 1 is 0.957 bits per heavy atom. The highest BCUT2D eigenvalue weighted by molar-refractivity contribution is 7.15. The highest BCUT2D eigenvalue weighted by Crippen LogP contribution is 2.18. The fraction of sp³-hybridized carbons (Fsp3) is 0.0625. The zero-order chi connectivity index (χ0) is 16.4. The average molecular weight is 327 g/mol. The normalized spacial score (nSPS) is 10.5. The number of hydrazine groups is 1. The number of hydrogen-bond donors (Lipinski definition) is 3. The minimum atomic E-state index is -0.462. The second-order valence-corrected chi connectivity index (χ2v) is 5.96. The molecule has 0 saturated heterocycles. The molecule has 116 valence electrons. The van der Waals surface area contributed by atoms with Gasteiger partial charge in [-0.15, -0.1) is 11.3 Å². The summed E-state index contributed by atoms with van der Waals surface area (Å²) in [6.07, 6.45) is 1.59. The standard InChI is InChI=1S/C16H13N3O3S/c1-9(20)13-6-7-14(23-13)16(22)19-18-15(21)11-8-17-12-5-3-2-4-10(11)12/h2-8,17H,1H3,(H,18,21)(H,19,22). The van der Waals surface area contributed by atoms with E-state index in [2.05, 4.69) is 15.8 Å². The van der Waals surface area contributed by atoms with Gasteiger partial charge in [-0.05, 0) is 25.1 Å². The lowest BCUT2D eigenvalue weighted by molar-refractivity contribution is 0.0850. The van der Waals surface area contributed by atoms with Crippen molar-refractivity contribution < 1.29 is 14.4 Å². The molecule has 0 saturated carbocycles. The number of rotatable bonds is 3. The summed E-state index contributed by atoms with van der Waals surface area (Å²) in [6.45, 7) is 1.44. The number of carbonyl (C=O) groups is 3. The molecule has 3 N–H and O–H groups in total. The van der Waals surface area contributed by atoms with Crippen LogP contribution in [0.3, 0.4) is 0 Å². The monoisotopic (exact) mass is 327 g/mol. The summed E-state index contributed by atoms with van der Waals surface area (Å²) < 4.78 is 0. The average Bonchev–Trinajstić information content (AvgIpc) is 3.19. The molecule has 3 rings (SSSR count). The summed E-state index contributed by atoms with van der Waals surface area (Å²) in [4.78, 5) is 39.2. The molecule has 6 nitrogen and oxygen atoms in total. The summed E-state index contributed by atoms with van der Waals surface area (Å²) in [5.41, 5.74) is 6.01. The summed E-state index contributed by atoms with van der Waals surface area (Å²) in [5.74, 6) is -0.980. The SMILES string of the molecule is CC(=O)c1ccc(C(=O)NNC(=O)c2c[nH]c3ccccc23)s1. The van der Waals surface area contributed by atoms with Gasteiger partial charge in [0.1, 0.15) is 0 Å². The third-order valence-corrected chi connectivity index (χ3v) is 4.49. The van der Waals surface area contributed by atoms with E-state index in [-0.39, 0.29) is 5.78 Å². The minimum absolute atomic E-state index is 0.100. The van der Waals surface area contributed by atoms with Gasteiger partial charge in [0.25, 0.3) is 11.8 Å². The van der Waals surface area contributed by atoms with Crippen molar-refractivity contribution in [2.45, 2.75) is 6.92 Å². The van der Waals surface area contributed by atoms with Crippen LogP contribution in [0.2, 0.25) is 0 Å². The Bertz CT molecular complexity index is 910. The smallest absolute Gasteiger partial charge is 0.279 e. The molecular weight excluding hydrogens is 314 g/mol. The van der Waals surface area contributed by atoms with Gasteiger partial charge in [-0.2, -0.15) is 0 Å². The van der Waals surface area contributed by atoms with E-state index >= 15 is 0 Å². The lowest BCUT2D eigenvalue weighted by atomic mass is 10.2. The molecule has 7 heteroatoms. The number of nitrogens with one attached hydrogen (secondary N) is 3. The number of benzene rings is 1. The number of fused-ring (bicyclic) bond motifs is 1. The van der Waals surface area contributed by atoms with Crippen molar-refractivity contribution in [2.75, 3.05) is 0 Å². The van der Waals surface area contributed by atoms with Gasteiger partial charge in [-0.3, -0.25) is 25.2 Å². The lowest BCUT2D eigenvalue weighted by Gasteiger charge is -2.05. The second-order valence-electron chi connectivity index (χ2n) is 4.88. The van der Waals surface area contributed by atoms with E-state index in [9.17, 15) is 14.4 Å². The number of para-hydroxylation sites is 1. The maximum absolute atomic E-state index is 12.2. The van der Waals surface area contributed by atoms with Gasteiger partial charge in [0, 0.05) is 17.1 Å². The molecule has 23 heavy (non-hydrogen) atoms. The van der Waals surface area contributed by atoms with Gasteiger partial charge >= 0.3 is 0 Å². The van der Waals surface area contributed by atoms with Crippen LogP contribution in [-0.4, -0.2) is 22.6 Å². The molecule has 0 spiro atoms. The van der Waals surface area contributed by atoms with Crippen molar-refractivity contribution in [1.29, 1.82) is 0 Å². The van der Waals surface area contributed by atoms with E-state index in [1.54, 1.807) is 18.3 Å². The Morgan fingerprint density at radius 3 is 2.39 bits per heavy atom. The number of carbonyl (C=O) groups excluding carboxylic acids is 3. The van der Waals surface area contributed by atoms with Crippen LogP contribution >= 0.6 is 11.3 Å². The number of H-pyrrole nitrogens is 1. The maximum Gasteiger partial charge on any atom is 0.279 e. The first kappa shape index (κ1) is 15.0. The molecule has 0 atom stereocenters. The maximum atomic E-state index is 12.2. The van der Waals surface area contributed by atoms with Crippen LogP contribution in [0.4, 0.5) is 0 Å². The molecule has 0 aliphatic heterocycles. The summed E-state index contributed by atoms with van der Waals surface area (Å²) in [6, 6.07) is 10.5. The zero-order valence-corrected chi connectivity index (χ0v) is 13.0. The Balaban J connectivity index is 1.68. The van der Waals surface area contributed by atoms with E-state index in [1.807, 2.05) is 24.3 Å². The molecule has 0 fully saturated rings. The fourth-order valence-corrected chi connectivity index (χ4v) is 2.95. The fourth-order valence-electron chi connectivity index (χ4n) is 2.15. The molecule has 1 aromatic carbocycles. The summed E-state index contributed by atoms with van der Waals surface area (Å²) in [5, 5.41) is 0.772. The van der Waals surface area contributed by atoms with Gasteiger partial charge in [-0.25, -0.2) is 0 Å². The number of aromatic nitrogens is 1. The first-order valence-electron chi connectivity index (χ1n) is 6.84. The van der Waals surface area contributed by atoms with Gasteiger partial charge in [0.05, 0.1) is 15.3 Å². The second kappa shape index (κ2) is 6.05. The van der Waals surface area contributed by atoms with Crippen LogP contribution in [0.1, 0.15) is 36.6 Å². The zero-order valence-electron chi connectivity index (χ0n) is 12.2. The number of Topliss-reactive ketones (excluding diaryl/α,β-unsaturated/α-hetero) is 1. The third-order valence-electron chi connectivity index (χ3n) is 3.30. The molecule has 2 heterocycles. The minimum Gasteiger partial charge on any atom is -0.360 e. The first-order valence-corrected chi connectivity index (χ1v) is 7.65. The number of thiophene rings is 1. The van der Waals surface area contributed by atoms with Gasteiger partial charge in [0.15, 0.2) is 5.78 Å². The van der Waals surface area contributed by atoms with Crippen molar-refractivity contribution >= 4 is 39.8 Å². The third kappa shape index (κ3) is 3.00. The molecule has 2 amide bonds. The molecule has 0 aliphatic rings. The van der Waals surface area contributed by atoms with Crippen LogP contribution in [0.15, 0.2) is 42.6 Å². The van der Waals surface area contributed by atoms with Crippen molar-refractivity contribution in [3.05, 3.63) is 57.9 Å². The predicted octanol–water partition coefficient (Wildman–Crippen LogP) is 2.51. The van der Waals surface area contributed by atoms with Crippen molar-refractivity contribution in [3.8, 4) is 0 Å². The Labute approximate surface area is 135 Å². The van der Waals surface area contributed by atoms with E-state index in [0.717, 1.165) is 22.2 Å². The number of ketones is 1. The van der Waals surface area contributed by atoms with Crippen LogP contribution in [-0.2, 0) is 0 Å². The van der Waals surface area contributed by atoms with Crippen LogP contribution in [0.5, 0.6) is 0 Å². The van der Waals surface area contributed by atoms with Gasteiger partial charge in [0.2, 0.25) is 0 Å². The Morgan fingerprint density at radius 2 is 1.65 bits per heavy atom. The highest BCUT2D eigenvalue weighted by Gasteiger charge is 2.15. The molecule has 0 aliphatic carbocycles. The van der Waals surface area contributed by atoms with Gasteiger partial charge < -0.3 is 4.98 Å². The first-order chi connectivity index (χ1) is 11.1. The summed E-state index contributed by atoms with van der Waals surface area (Å²) in [7, 11) is 0. The lowest BCUT2D eigenvalue weighted by Crippen LogP contribution is -2.41. The topological polar surface area (TPSA) is 91.1 Å². The van der Waals surface area contributed by atoms with Crippen molar-refractivity contribution in [3.63, 3.8) is 0 Å². The number of aromatic amines is 1. The van der Waals surface area contributed by atoms with E-state index in [0.29, 0.717) is 15.3 Å². The van der Waals surface area contributed by atoms with Crippen LogP contribution in [0.25, 0.3) is 10.9 Å². The highest BCUT2D eigenvalue weighted by atomic mass is 32.1. The Hall–Kier alpha value is -2.93. The molecule has 0 bridgehead atoms. The molecule has 0 radical (unpaired) electrons. The predicted molar refractivity (Wildman–Crippen MR) is 87.6 cm³/mol. The number of hydrogen-bond acceptors (Lipinski definition) is 4. The number of amides is 2. The largest absolute Gasteiger partial charge is 0.360 e. The van der Waals surface area contributed by atoms with Crippen molar-refractivity contribution in [2.24, 2.45) is 0 Å². The molecule has 3 aromatic rings. The van der Waals surface area contributed by atoms with E-state index in [1.165, 1.54) is 6.92 Å². The molecule has 0 unspecified atom stereocenters. The van der Waals surface area contributed by atoms with Crippen LogP contribution < -0.4 is 10.9 Å². The van der Waals surface area contributed by atoms with Crippen LogP contribution in [0, 0.1) is 0 Å². The summed E-state index contributed by atoms with van der Waals surface area (Å²) >= 11 is 1.08. The van der Waals surface area contributed by atoms with E-state index < -0.39 is 11.8 Å². The molecule has 2 aromatic heterocycles. The van der Waals surface area contributed by atoms with Gasteiger partial charge in [-0.1, -0.05) is 18.2 Å².